The van der Waals surface area contributed by atoms with Gasteiger partial charge >= 0.3 is 0 Å². The van der Waals surface area contributed by atoms with E-state index in [9.17, 15) is 9.59 Å². The topological polar surface area (TPSA) is 43.9 Å². The van der Waals surface area contributed by atoms with Crippen molar-refractivity contribution in [2.45, 2.75) is 64.5 Å². The molecule has 3 aliphatic rings. The van der Waals surface area contributed by atoms with Gasteiger partial charge in [0.1, 0.15) is 0 Å². The number of carbonyl (C=O) groups excluding carboxylic acids is 2. The van der Waals surface area contributed by atoms with Gasteiger partial charge in [-0.25, -0.2) is 0 Å². The van der Waals surface area contributed by atoms with E-state index in [0.717, 1.165) is 58.3 Å². The lowest BCUT2D eigenvalue weighted by molar-refractivity contribution is -0.161. The third-order valence-electron chi connectivity index (χ3n) is 6.39. The Morgan fingerprint density at radius 1 is 1.13 bits per heavy atom. The summed E-state index contributed by atoms with van der Waals surface area (Å²) in [5.41, 5.74) is -0.305. The summed E-state index contributed by atoms with van der Waals surface area (Å²) in [5, 5.41) is 0. The number of fused-ring (bicyclic) bond motifs is 1. The van der Waals surface area contributed by atoms with Gasteiger partial charge in [-0.05, 0) is 33.1 Å². The highest BCUT2D eigenvalue weighted by Crippen LogP contribution is 2.47. The van der Waals surface area contributed by atoms with Gasteiger partial charge in [0.15, 0.2) is 0 Å². The minimum absolute atomic E-state index is 0.119. The molecule has 0 aromatic rings. The normalized spacial score (nSPS) is 33.0. The lowest BCUT2D eigenvalue weighted by atomic mass is 9.64. The van der Waals surface area contributed by atoms with Gasteiger partial charge in [0, 0.05) is 51.7 Å². The van der Waals surface area contributed by atoms with Gasteiger partial charge in [0.2, 0.25) is 11.8 Å². The standard InChI is InChI=1S/C18H31N3O2/c1-14(2)20-10-12-21(13-11-20)17(23)18-8-5-4-6-15(18)19(3)16(22)7-9-18/h14-15H,4-13H2,1-3H3/t15-,18-/m1/s1. The molecule has 2 heterocycles. The first kappa shape index (κ1) is 16.7. The second-order valence-corrected chi connectivity index (χ2v) is 7.84. The van der Waals surface area contributed by atoms with E-state index in [0.29, 0.717) is 18.4 Å². The number of carbonyl (C=O) groups is 2. The van der Waals surface area contributed by atoms with Crippen molar-refractivity contribution in [1.82, 2.24) is 14.7 Å². The second-order valence-electron chi connectivity index (χ2n) is 7.84. The zero-order valence-corrected chi connectivity index (χ0v) is 14.9. The summed E-state index contributed by atoms with van der Waals surface area (Å²) in [4.78, 5) is 31.9. The summed E-state index contributed by atoms with van der Waals surface area (Å²) in [6.45, 7) is 8.05. The van der Waals surface area contributed by atoms with Crippen molar-refractivity contribution in [3.63, 3.8) is 0 Å². The molecule has 3 rings (SSSR count). The van der Waals surface area contributed by atoms with Crippen LogP contribution in [0.2, 0.25) is 0 Å². The molecule has 3 fully saturated rings. The van der Waals surface area contributed by atoms with Gasteiger partial charge in [0.05, 0.1) is 5.41 Å². The minimum atomic E-state index is -0.305. The molecule has 5 heteroatoms. The summed E-state index contributed by atoms with van der Waals surface area (Å²) in [7, 11) is 1.90. The maximum atomic E-state index is 13.4. The number of piperazine rings is 1. The molecule has 1 aliphatic carbocycles. The van der Waals surface area contributed by atoms with Gasteiger partial charge in [-0.15, -0.1) is 0 Å². The van der Waals surface area contributed by atoms with Crippen molar-refractivity contribution in [2.75, 3.05) is 33.2 Å². The number of amides is 2. The number of rotatable bonds is 2. The molecular weight excluding hydrogens is 290 g/mol. The fourth-order valence-corrected chi connectivity index (χ4v) is 4.87. The molecular formula is C18H31N3O2. The number of nitrogens with zero attached hydrogens (tertiary/aromatic N) is 3. The molecule has 0 aromatic heterocycles. The van der Waals surface area contributed by atoms with Crippen molar-refractivity contribution < 1.29 is 9.59 Å². The molecule has 0 aromatic carbocycles. The van der Waals surface area contributed by atoms with E-state index in [1.165, 1.54) is 0 Å². The van der Waals surface area contributed by atoms with E-state index in [2.05, 4.69) is 23.6 Å². The quantitative estimate of drug-likeness (QED) is 0.778. The fraction of sp³-hybridized carbons (Fsp3) is 0.889. The number of hydrogen-bond donors (Lipinski definition) is 0. The Hall–Kier alpha value is -1.10. The van der Waals surface area contributed by atoms with Crippen LogP contribution >= 0.6 is 0 Å². The van der Waals surface area contributed by atoms with Crippen LogP contribution in [0.1, 0.15) is 52.4 Å². The monoisotopic (exact) mass is 321 g/mol. The summed E-state index contributed by atoms with van der Waals surface area (Å²) < 4.78 is 0. The van der Waals surface area contributed by atoms with Crippen LogP contribution in [0.25, 0.3) is 0 Å². The van der Waals surface area contributed by atoms with Crippen LogP contribution in [-0.4, -0.2) is 71.8 Å². The smallest absolute Gasteiger partial charge is 0.230 e. The van der Waals surface area contributed by atoms with Crippen molar-refractivity contribution in [1.29, 1.82) is 0 Å². The van der Waals surface area contributed by atoms with Gasteiger partial charge in [-0.2, -0.15) is 0 Å². The summed E-state index contributed by atoms with van der Waals surface area (Å²) in [6.07, 6.45) is 5.49. The predicted molar refractivity (Wildman–Crippen MR) is 90.0 cm³/mol. The van der Waals surface area contributed by atoms with Crippen molar-refractivity contribution in [3.05, 3.63) is 0 Å². The van der Waals surface area contributed by atoms with E-state index in [1.807, 2.05) is 11.9 Å². The van der Waals surface area contributed by atoms with Gasteiger partial charge in [0.25, 0.3) is 0 Å². The first-order chi connectivity index (χ1) is 11.0. The average molecular weight is 321 g/mol. The number of hydrogen-bond acceptors (Lipinski definition) is 3. The van der Waals surface area contributed by atoms with Crippen molar-refractivity contribution >= 4 is 11.8 Å². The van der Waals surface area contributed by atoms with Gasteiger partial charge in [-0.1, -0.05) is 12.8 Å². The fourth-order valence-electron chi connectivity index (χ4n) is 4.87. The van der Waals surface area contributed by atoms with Crippen LogP contribution in [-0.2, 0) is 9.59 Å². The van der Waals surface area contributed by atoms with Crippen LogP contribution < -0.4 is 0 Å². The lowest BCUT2D eigenvalue weighted by Crippen LogP contribution is -2.63. The molecule has 2 amide bonds. The third-order valence-corrected chi connectivity index (χ3v) is 6.39. The molecule has 0 bridgehead atoms. The van der Waals surface area contributed by atoms with Crippen molar-refractivity contribution in [3.8, 4) is 0 Å². The van der Waals surface area contributed by atoms with Crippen LogP contribution in [0.3, 0.4) is 0 Å². The molecule has 2 aliphatic heterocycles. The molecule has 130 valence electrons. The van der Waals surface area contributed by atoms with E-state index in [4.69, 9.17) is 0 Å². The van der Waals surface area contributed by atoms with Crippen LogP contribution in [0.15, 0.2) is 0 Å². The maximum Gasteiger partial charge on any atom is 0.230 e. The molecule has 0 radical (unpaired) electrons. The third kappa shape index (κ3) is 2.88. The van der Waals surface area contributed by atoms with E-state index < -0.39 is 0 Å². The molecule has 0 N–H and O–H groups in total. The highest BCUT2D eigenvalue weighted by atomic mass is 16.2. The first-order valence-electron chi connectivity index (χ1n) is 9.25. The van der Waals surface area contributed by atoms with Gasteiger partial charge in [-0.3, -0.25) is 14.5 Å². The highest BCUT2D eigenvalue weighted by molar-refractivity contribution is 5.88. The predicted octanol–water partition coefficient (Wildman–Crippen LogP) is 1.72. The molecule has 0 unspecified atom stereocenters. The zero-order valence-electron chi connectivity index (χ0n) is 14.9. The Morgan fingerprint density at radius 3 is 2.48 bits per heavy atom. The Morgan fingerprint density at radius 2 is 1.83 bits per heavy atom. The molecule has 1 saturated carbocycles. The molecule has 23 heavy (non-hydrogen) atoms. The number of piperidine rings is 1. The summed E-state index contributed by atoms with van der Waals surface area (Å²) in [5.74, 6) is 0.537. The lowest BCUT2D eigenvalue weighted by Gasteiger charge is -2.52. The minimum Gasteiger partial charge on any atom is -0.342 e. The SMILES string of the molecule is CC(C)N1CCN(C(=O)[C@@]23CCCC[C@H]2N(C)C(=O)CC3)CC1. The first-order valence-corrected chi connectivity index (χ1v) is 9.25. The second kappa shape index (κ2) is 6.42. The van der Waals surface area contributed by atoms with Crippen LogP contribution in [0.4, 0.5) is 0 Å². The average Bonchev–Trinajstić information content (AvgIpc) is 2.58. The molecule has 5 nitrogen and oxygen atoms in total. The Balaban J connectivity index is 1.75. The van der Waals surface area contributed by atoms with Crippen LogP contribution in [0.5, 0.6) is 0 Å². The maximum absolute atomic E-state index is 13.4. The Kier molecular flexibility index (Phi) is 4.68. The zero-order chi connectivity index (χ0) is 16.6. The van der Waals surface area contributed by atoms with Gasteiger partial charge < -0.3 is 9.80 Å². The van der Waals surface area contributed by atoms with E-state index in [-0.39, 0.29) is 17.4 Å². The van der Waals surface area contributed by atoms with E-state index in [1.54, 1.807) is 0 Å². The molecule has 2 saturated heterocycles. The Labute approximate surface area is 140 Å². The highest BCUT2D eigenvalue weighted by Gasteiger charge is 2.53. The number of likely N-dealkylation sites (tertiary alicyclic amines) is 1. The molecule has 2 atom stereocenters. The largest absolute Gasteiger partial charge is 0.342 e. The summed E-state index contributed by atoms with van der Waals surface area (Å²) >= 11 is 0. The van der Waals surface area contributed by atoms with E-state index >= 15 is 0 Å². The molecule has 0 spiro atoms. The Bertz CT molecular complexity index is 471. The van der Waals surface area contributed by atoms with Crippen LogP contribution in [0, 0.1) is 5.41 Å². The van der Waals surface area contributed by atoms with Crippen molar-refractivity contribution in [2.24, 2.45) is 5.41 Å². The summed E-state index contributed by atoms with van der Waals surface area (Å²) in [6, 6.07) is 0.666.